The lowest BCUT2D eigenvalue weighted by molar-refractivity contribution is -0.137. The zero-order chi connectivity index (χ0) is 26.4. The minimum absolute atomic E-state index is 0.0456. The fourth-order valence-electron chi connectivity index (χ4n) is 3.95. The maximum Gasteiger partial charge on any atom is 0.319 e. The molecule has 0 bridgehead atoms. The van der Waals surface area contributed by atoms with Crippen LogP contribution in [0.25, 0.3) is 11.4 Å². The van der Waals surface area contributed by atoms with Gasteiger partial charge in [-0.15, -0.1) is 0 Å². The number of aryl methyl sites for hydroxylation is 2. The van der Waals surface area contributed by atoms with Crippen LogP contribution in [0.1, 0.15) is 35.0 Å². The van der Waals surface area contributed by atoms with E-state index in [0.29, 0.717) is 17.1 Å². The molecule has 9 heteroatoms. The Bertz CT molecular complexity index is 1450. The van der Waals surface area contributed by atoms with Crippen LogP contribution in [-0.4, -0.2) is 31.6 Å². The number of benzene rings is 2. The van der Waals surface area contributed by atoms with Gasteiger partial charge in [0.05, 0.1) is 24.7 Å². The number of hydrogen-bond acceptors (Lipinski definition) is 5. The second-order valence-corrected chi connectivity index (χ2v) is 8.63. The molecule has 2 heterocycles. The Balaban J connectivity index is 1.70. The second-order valence-electron chi connectivity index (χ2n) is 8.63. The highest BCUT2D eigenvalue weighted by molar-refractivity contribution is 5.93. The van der Waals surface area contributed by atoms with E-state index in [1.54, 1.807) is 43.5 Å². The quantitative estimate of drug-likeness (QED) is 0.333. The first-order valence-electron chi connectivity index (χ1n) is 11.7. The summed E-state index contributed by atoms with van der Waals surface area (Å²) in [7, 11) is 0. The van der Waals surface area contributed by atoms with Crippen LogP contribution in [0.2, 0.25) is 0 Å². The van der Waals surface area contributed by atoms with Gasteiger partial charge in [-0.1, -0.05) is 66.2 Å². The molecule has 4 rings (SSSR count). The number of aromatic nitrogens is 3. The molecule has 0 radical (unpaired) electrons. The number of carbonyl (C=O) groups is 2. The third kappa shape index (κ3) is 6.26. The molecular formula is C28H27N5O4. The monoisotopic (exact) mass is 497 g/mol. The van der Waals surface area contributed by atoms with Gasteiger partial charge in [-0.3, -0.25) is 19.1 Å². The lowest BCUT2D eigenvalue weighted by atomic mass is 10.0. The van der Waals surface area contributed by atoms with E-state index < -0.39 is 23.6 Å². The minimum Gasteiger partial charge on any atom is -0.481 e. The number of carboxylic acids is 1. The van der Waals surface area contributed by atoms with E-state index in [-0.39, 0.29) is 24.3 Å². The summed E-state index contributed by atoms with van der Waals surface area (Å²) >= 11 is 0. The van der Waals surface area contributed by atoms with E-state index >= 15 is 0 Å². The van der Waals surface area contributed by atoms with E-state index in [1.807, 2.05) is 49.4 Å². The number of nitrogens with one attached hydrogen (secondary N) is 2. The molecule has 0 spiro atoms. The molecular weight excluding hydrogens is 470 g/mol. The van der Waals surface area contributed by atoms with Crippen molar-refractivity contribution < 1.29 is 14.7 Å². The summed E-state index contributed by atoms with van der Waals surface area (Å²) in [4.78, 5) is 47.2. The topological polar surface area (TPSA) is 126 Å². The molecule has 2 aromatic heterocycles. The van der Waals surface area contributed by atoms with Crippen molar-refractivity contribution in [2.75, 3.05) is 5.32 Å². The molecule has 0 aliphatic carbocycles. The van der Waals surface area contributed by atoms with Gasteiger partial charge in [-0.05, 0) is 37.1 Å². The number of pyridine rings is 1. The SMILES string of the molecule is Cc1ccc([C@H](CC(=O)O)NC(=O)Nc2c(-c3ccccn3)nc(C)n(Cc3ccccc3)c2=O)cc1. The van der Waals surface area contributed by atoms with Gasteiger partial charge in [-0.25, -0.2) is 9.78 Å². The number of aliphatic carboxylic acids is 1. The van der Waals surface area contributed by atoms with E-state index in [9.17, 15) is 19.5 Å². The summed E-state index contributed by atoms with van der Waals surface area (Å²) in [6.45, 7) is 3.91. The summed E-state index contributed by atoms with van der Waals surface area (Å²) < 4.78 is 1.48. The van der Waals surface area contributed by atoms with Crippen molar-refractivity contribution in [3.05, 3.63) is 112 Å². The maximum atomic E-state index is 13.7. The molecule has 0 saturated heterocycles. The number of amides is 2. The Morgan fingerprint density at radius 1 is 0.973 bits per heavy atom. The molecule has 3 N–H and O–H groups in total. The Kier molecular flexibility index (Phi) is 7.73. The van der Waals surface area contributed by atoms with Gasteiger partial charge in [0.25, 0.3) is 5.56 Å². The maximum absolute atomic E-state index is 13.7. The van der Waals surface area contributed by atoms with Crippen LogP contribution in [0.15, 0.2) is 83.8 Å². The molecule has 4 aromatic rings. The molecule has 0 aliphatic heterocycles. The van der Waals surface area contributed by atoms with Crippen LogP contribution in [0, 0.1) is 13.8 Å². The number of carbonyl (C=O) groups excluding carboxylic acids is 1. The van der Waals surface area contributed by atoms with Gasteiger partial charge < -0.3 is 15.7 Å². The fraction of sp³-hybridized carbons (Fsp3) is 0.179. The highest BCUT2D eigenvalue weighted by atomic mass is 16.4. The lowest BCUT2D eigenvalue weighted by Gasteiger charge is -2.20. The first kappa shape index (κ1) is 25.3. The molecule has 0 aliphatic rings. The van der Waals surface area contributed by atoms with Crippen LogP contribution in [0.3, 0.4) is 0 Å². The van der Waals surface area contributed by atoms with E-state index in [0.717, 1.165) is 11.1 Å². The third-order valence-corrected chi connectivity index (χ3v) is 5.85. The molecule has 0 saturated carbocycles. The average molecular weight is 498 g/mol. The number of carboxylic acid groups (broad SMARTS) is 1. The second kappa shape index (κ2) is 11.3. The number of hydrogen-bond donors (Lipinski definition) is 3. The van der Waals surface area contributed by atoms with Crippen LogP contribution < -0.4 is 16.2 Å². The molecule has 9 nitrogen and oxygen atoms in total. The molecule has 2 aromatic carbocycles. The molecule has 1 atom stereocenters. The van der Waals surface area contributed by atoms with Crippen molar-refractivity contribution in [3.8, 4) is 11.4 Å². The molecule has 0 fully saturated rings. The Morgan fingerprint density at radius 2 is 1.68 bits per heavy atom. The van der Waals surface area contributed by atoms with E-state index in [2.05, 4.69) is 20.6 Å². The van der Waals surface area contributed by atoms with Crippen molar-refractivity contribution in [1.82, 2.24) is 19.9 Å². The first-order chi connectivity index (χ1) is 17.8. The number of anilines is 1. The molecule has 188 valence electrons. The van der Waals surface area contributed by atoms with Gasteiger partial charge in [0, 0.05) is 6.20 Å². The smallest absolute Gasteiger partial charge is 0.319 e. The van der Waals surface area contributed by atoms with Gasteiger partial charge in [0.1, 0.15) is 17.2 Å². The highest BCUT2D eigenvalue weighted by Crippen LogP contribution is 2.23. The van der Waals surface area contributed by atoms with Crippen LogP contribution >= 0.6 is 0 Å². The van der Waals surface area contributed by atoms with Gasteiger partial charge in [0.15, 0.2) is 0 Å². The molecule has 0 unspecified atom stereocenters. The van der Waals surface area contributed by atoms with Crippen molar-refractivity contribution in [2.24, 2.45) is 0 Å². The van der Waals surface area contributed by atoms with Crippen molar-refractivity contribution in [3.63, 3.8) is 0 Å². The molecule has 2 amide bonds. The normalized spacial score (nSPS) is 11.5. The van der Waals surface area contributed by atoms with Crippen molar-refractivity contribution >= 4 is 17.7 Å². The van der Waals surface area contributed by atoms with Crippen molar-refractivity contribution in [1.29, 1.82) is 0 Å². The molecule has 37 heavy (non-hydrogen) atoms. The first-order valence-corrected chi connectivity index (χ1v) is 11.7. The summed E-state index contributed by atoms with van der Waals surface area (Å²) in [5.41, 5.74) is 2.70. The van der Waals surface area contributed by atoms with Gasteiger partial charge >= 0.3 is 12.0 Å². The van der Waals surface area contributed by atoms with Crippen molar-refractivity contribution in [2.45, 2.75) is 32.9 Å². The van der Waals surface area contributed by atoms with Gasteiger partial charge in [-0.2, -0.15) is 0 Å². The summed E-state index contributed by atoms with van der Waals surface area (Å²) in [6, 6.07) is 20.3. The van der Waals surface area contributed by atoms with E-state index in [1.165, 1.54) is 4.57 Å². The predicted octanol–water partition coefficient (Wildman–Crippen LogP) is 4.31. The zero-order valence-electron chi connectivity index (χ0n) is 20.5. The largest absolute Gasteiger partial charge is 0.481 e. The Hall–Kier alpha value is -4.79. The van der Waals surface area contributed by atoms with E-state index in [4.69, 9.17) is 0 Å². The van der Waals surface area contributed by atoms with Crippen LogP contribution in [0.5, 0.6) is 0 Å². The summed E-state index contributed by atoms with van der Waals surface area (Å²) in [5, 5.41) is 14.7. The zero-order valence-corrected chi connectivity index (χ0v) is 20.5. The number of nitrogens with zero attached hydrogens (tertiary/aromatic N) is 3. The number of urea groups is 1. The third-order valence-electron chi connectivity index (χ3n) is 5.85. The average Bonchev–Trinajstić information content (AvgIpc) is 2.89. The van der Waals surface area contributed by atoms with Gasteiger partial charge in [0.2, 0.25) is 0 Å². The summed E-state index contributed by atoms with van der Waals surface area (Å²) in [5.74, 6) is -0.605. The Labute approximate surface area is 213 Å². The lowest BCUT2D eigenvalue weighted by Crippen LogP contribution is -2.37. The fourth-order valence-corrected chi connectivity index (χ4v) is 3.95. The van der Waals surface area contributed by atoms with Crippen LogP contribution in [-0.2, 0) is 11.3 Å². The predicted molar refractivity (Wildman–Crippen MR) is 140 cm³/mol. The standard InChI is InChI=1S/C28H27N5O4/c1-18-11-13-21(14-12-18)23(16-24(34)35)31-28(37)32-26-25(22-10-6-7-15-29-22)30-19(2)33(27(26)36)17-20-8-4-3-5-9-20/h3-15,23H,16-17H2,1-2H3,(H,34,35)(H2,31,32,37)/t23-/m0/s1. The van der Waals surface area contributed by atoms with Crippen LogP contribution in [0.4, 0.5) is 10.5 Å². The Morgan fingerprint density at radius 3 is 2.32 bits per heavy atom. The number of rotatable bonds is 8. The minimum atomic E-state index is -1.07. The highest BCUT2D eigenvalue weighted by Gasteiger charge is 2.22. The summed E-state index contributed by atoms with van der Waals surface area (Å²) in [6.07, 6.45) is 1.25.